The van der Waals surface area contributed by atoms with Crippen LogP contribution in [0.1, 0.15) is 67.9 Å². The van der Waals surface area contributed by atoms with E-state index in [2.05, 4.69) is 51.2 Å². The van der Waals surface area contributed by atoms with Crippen molar-refractivity contribution in [2.24, 2.45) is 0 Å². The van der Waals surface area contributed by atoms with Crippen LogP contribution in [0, 0.1) is 0 Å². The maximum absolute atomic E-state index is 12.7. The molecule has 0 aliphatic rings. The Bertz CT molecular complexity index is 661. The highest BCUT2D eigenvalue weighted by atomic mass is 16.5. The lowest BCUT2D eigenvalue weighted by atomic mass is 9.92. The molecule has 0 saturated carbocycles. The van der Waals surface area contributed by atoms with Crippen LogP contribution >= 0.6 is 0 Å². The lowest BCUT2D eigenvalue weighted by Crippen LogP contribution is -2.16. The highest BCUT2D eigenvalue weighted by Crippen LogP contribution is 2.32. The number of ether oxygens (including phenoxy) is 1. The number of para-hydroxylation sites is 1. The third-order valence-corrected chi connectivity index (χ3v) is 4.04. The van der Waals surface area contributed by atoms with Gasteiger partial charge in [0.05, 0.1) is 6.61 Å². The number of amides is 1. The second-order valence-corrected chi connectivity index (χ2v) is 6.53. The molecule has 1 N–H and O–H groups in total. The molecule has 3 heteroatoms. The molecule has 24 heavy (non-hydrogen) atoms. The summed E-state index contributed by atoms with van der Waals surface area (Å²) < 4.78 is 5.43. The quantitative estimate of drug-likeness (QED) is 0.752. The van der Waals surface area contributed by atoms with Gasteiger partial charge in [0.2, 0.25) is 0 Å². The van der Waals surface area contributed by atoms with Crippen LogP contribution in [-0.4, -0.2) is 12.5 Å². The molecule has 0 unspecified atom stereocenters. The van der Waals surface area contributed by atoms with Gasteiger partial charge in [-0.25, -0.2) is 0 Å². The highest BCUT2D eigenvalue weighted by Gasteiger charge is 2.16. The van der Waals surface area contributed by atoms with Gasteiger partial charge in [-0.3, -0.25) is 4.79 Å². The molecule has 3 nitrogen and oxygen atoms in total. The van der Waals surface area contributed by atoms with Crippen molar-refractivity contribution in [1.82, 2.24) is 0 Å². The number of carbonyl (C=O) groups is 1. The van der Waals surface area contributed by atoms with Crippen molar-refractivity contribution in [2.45, 2.75) is 46.5 Å². The van der Waals surface area contributed by atoms with Crippen molar-refractivity contribution in [3.05, 3.63) is 59.2 Å². The number of rotatable bonds is 6. The van der Waals surface area contributed by atoms with Crippen molar-refractivity contribution in [3.8, 4) is 5.75 Å². The van der Waals surface area contributed by atoms with Gasteiger partial charge >= 0.3 is 0 Å². The molecule has 0 aromatic heterocycles. The van der Waals surface area contributed by atoms with E-state index in [1.807, 2.05) is 19.1 Å². The fraction of sp³-hybridized carbons (Fsp3) is 0.381. The Kier molecular flexibility index (Phi) is 6.02. The van der Waals surface area contributed by atoms with Crippen LogP contribution in [0.5, 0.6) is 5.75 Å². The van der Waals surface area contributed by atoms with Gasteiger partial charge in [-0.05, 0) is 54.2 Å². The molecule has 0 saturated heterocycles. The second-order valence-electron chi connectivity index (χ2n) is 6.53. The summed E-state index contributed by atoms with van der Waals surface area (Å²) in [5.74, 6) is 1.38. The number of nitrogens with one attached hydrogen (secondary N) is 1. The molecule has 0 radical (unpaired) electrons. The third kappa shape index (κ3) is 4.16. The van der Waals surface area contributed by atoms with E-state index in [0.29, 0.717) is 24.0 Å². The fourth-order valence-corrected chi connectivity index (χ4v) is 2.75. The maximum Gasteiger partial charge on any atom is 0.255 e. The average Bonchev–Trinajstić information content (AvgIpc) is 2.55. The second kappa shape index (κ2) is 8.00. The summed E-state index contributed by atoms with van der Waals surface area (Å²) in [6.45, 7) is 11.1. The van der Waals surface area contributed by atoms with E-state index in [4.69, 9.17) is 4.74 Å². The predicted molar refractivity (Wildman–Crippen MR) is 100 cm³/mol. The first-order valence-electron chi connectivity index (χ1n) is 8.61. The largest absolute Gasteiger partial charge is 0.494 e. The van der Waals surface area contributed by atoms with Crippen molar-refractivity contribution >= 4 is 11.6 Å². The van der Waals surface area contributed by atoms with Crippen LogP contribution in [0.3, 0.4) is 0 Å². The molecule has 0 bridgehead atoms. The molecular formula is C21H27NO2. The summed E-state index contributed by atoms with van der Waals surface area (Å²) in [6, 6.07) is 13.5. The van der Waals surface area contributed by atoms with Gasteiger partial charge in [0.1, 0.15) is 5.75 Å². The summed E-state index contributed by atoms with van der Waals surface area (Å²) in [6.07, 6.45) is 0. The summed E-state index contributed by atoms with van der Waals surface area (Å²) in [5.41, 5.74) is 3.91. The zero-order valence-electron chi connectivity index (χ0n) is 15.2. The first kappa shape index (κ1) is 18.1. The summed E-state index contributed by atoms with van der Waals surface area (Å²) in [4.78, 5) is 12.7. The minimum absolute atomic E-state index is 0.0898. The molecular weight excluding hydrogens is 298 g/mol. The molecule has 2 rings (SSSR count). The van der Waals surface area contributed by atoms with Crippen molar-refractivity contribution in [2.75, 3.05) is 11.9 Å². The summed E-state index contributed by atoms with van der Waals surface area (Å²) in [7, 11) is 0. The van der Waals surface area contributed by atoms with Gasteiger partial charge in [-0.1, -0.05) is 45.9 Å². The topological polar surface area (TPSA) is 38.3 Å². The molecule has 1 amide bonds. The Morgan fingerprint density at radius 3 is 1.96 bits per heavy atom. The molecule has 0 spiro atoms. The lowest BCUT2D eigenvalue weighted by Gasteiger charge is -2.20. The molecule has 0 fully saturated rings. The normalized spacial score (nSPS) is 11.0. The van der Waals surface area contributed by atoms with Gasteiger partial charge in [0, 0.05) is 11.3 Å². The molecule has 0 atom stereocenters. The Morgan fingerprint density at radius 1 is 0.958 bits per heavy atom. The monoisotopic (exact) mass is 325 g/mol. The molecule has 0 heterocycles. The number of hydrogen-bond acceptors (Lipinski definition) is 2. The van der Waals surface area contributed by atoms with Gasteiger partial charge < -0.3 is 10.1 Å². The number of hydrogen-bond donors (Lipinski definition) is 1. The Morgan fingerprint density at radius 2 is 1.50 bits per heavy atom. The Balaban J connectivity index is 2.30. The maximum atomic E-state index is 12.7. The van der Waals surface area contributed by atoms with Crippen molar-refractivity contribution < 1.29 is 9.53 Å². The van der Waals surface area contributed by atoms with Crippen LogP contribution in [0.2, 0.25) is 0 Å². The minimum Gasteiger partial charge on any atom is -0.494 e. The van der Waals surface area contributed by atoms with E-state index < -0.39 is 0 Å². The van der Waals surface area contributed by atoms with Crippen molar-refractivity contribution in [3.63, 3.8) is 0 Å². The van der Waals surface area contributed by atoms with E-state index in [-0.39, 0.29) is 5.91 Å². The summed E-state index contributed by atoms with van der Waals surface area (Å²) >= 11 is 0. The fourth-order valence-electron chi connectivity index (χ4n) is 2.75. The predicted octanol–water partition coefficient (Wildman–Crippen LogP) is 5.58. The molecule has 0 aliphatic heterocycles. The van der Waals surface area contributed by atoms with Crippen LogP contribution in [0.4, 0.5) is 5.69 Å². The molecule has 0 aliphatic carbocycles. The van der Waals surface area contributed by atoms with Crippen LogP contribution in [0.15, 0.2) is 42.5 Å². The van der Waals surface area contributed by atoms with E-state index in [1.54, 1.807) is 12.1 Å². The van der Waals surface area contributed by atoms with E-state index in [0.717, 1.165) is 11.4 Å². The van der Waals surface area contributed by atoms with E-state index in [9.17, 15) is 4.79 Å². The van der Waals surface area contributed by atoms with Crippen LogP contribution in [0.25, 0.3) is 0 Å². The van der Waals surface area contributed by atoms with Gasteiger partial charge in [-0.2, -0.15) is 0 Å². The first-order chi connectivity index (χ1) is 11.4. The van der Waals surface area contributed by atoms with E-state index >= 15 is 0 Å². The van der Waals surface area contributed by atoms with Gasteiger partial charge in [0.15, 0.2) is 0 Å². The van der Waals surface area contributed by atoms with Crippen molar-refractivity contribution in [1.29, 1.82) is 0 Å². The van der Waals surface area contributed by atoms with Gasteiger partial charge in [-0.15, -0.1) is 0 Å². The first-order valence-corrected chi connectivity index (χ1v) is 8.61. The van der Waals surface area contributed by atoms with Gasteiger partial charge in [0.25, 0.3) is 5.91 Å². The SMILES string of the molecule is CCOc1ccc(C(=O)Nc2c(C(C)C)cccc2C(C)C)cc1. The number of benzene rings is 2. The molecule has 128 valence electrons. The standard InChI is InChI=1S/C21H27NO2/c1-6-24-17-12-10-16(11-13-17)21(23)22-20-18(14(2)3)8-7-9-19(20)15(4)5/h7-15H,6H2,1-5H3,(H,22,23). The smallest absolute Gasteiger partial charge is 0.255 e. The molecule has 2 aromatic rings. The molecule has 2 aromatic carbocycles. The zero-order chi connectivity index (χ0) is 17.7. The Labute approximate surface area is 145 Å². The third-order valence-electron chi connectivity index (χ3n) is 4.04. The highest BCUT2D eigenvalue weighted by molar-refractivity contribution is 6.05. The van der Waals surface area contributed by atoms with E-state index in [1.165, 1.54) is 11.1 Å². The zero-order valence-corrected chi connectivity index (χ0v) is 15.2. The summed E-state index contributed by atoms with van der Waals surface area (Å²) in [5, 5.41) is 3.13. The minimum atomic E-state index is -0.0898. The van der Waals surface area contributed by atoms with Crippen LogP contribution < -0.4 is 10.1 Å². The number of carbonyl (C=O) groups excluding carboxylic acids is 1. The van der Waals surface area contributed by atoms with Crippen LogP contribution in [-0.2, 0) is 0 Å². The lowest BCUT2D eigenvalue weighted by molar-refractivity contribution is 0.102. The average molecular weight is 325 g/mol. The Hall–Kier alpha value is -2.29. The number of anilines is 1.